The summed E-state index contributed by atoms with van der Waals surface area (Å²) in [6.45, 7) is -0.282. The van der Waals surface area contributed by atoms with Crippen molar-refractivity contribution in [2.45, 2.75) is 18.3 Å². The Hall–Kier alpha value is -3.47. The van der Waals surface area contributed by atoms with Crippen LogP contribution < -0.4 is 10.3 Å². The molecule has 3 rings (SSSR count). The first-order valence-electron chi connectivity index (χ1n) is 7.89. The summed E-state index contributed by atoms with van der Waals surface area (Å²) in [5.41, 5.74) is -0.756. The van der Waals surface area contributed by atoms with Crippen molar-refractivity contribution in [1.29, 1.82) is 0 Å². The lowest BCUT2D eigenvalue weighted by Crippen LogP contribution is -2.65. The summed E-state index contributed by atoms with van der Waals surface area (Å²) in [7, 11) is 0. The van der Waals surface area contributed by atoms with Gasteiger partial charge in [0.15, 0.2) is 0 Å². The lowest BCUT2D eigenvalue weighted by atomic mass is 9.99. The van der Waals surface area contributed by atoms with Crippen molar-refractivity contribution in [1.82, 2.24) is 10.5 Å². The summed E-state index contributed by atoms with van der Waals surface area (Å²) in [5, 5.41) is 14.7. The number of hydrazone groups is 1. The second-order valence-electron chi connectivity index (χ2n) is 5.83. The van der Waals surface area contributed by atoms with E-state index in [-0.39, 0.29) is 18.0 Å². The number of non-ortho nitro benzene ring substituents is 1. The van der Waals surface area contributed by atoms with Gasteiger partial charge in [-0.2, -0.15) is 23.3 Å². The molecule has 1 heterocycles. The fourth-order valence-electron chi connectivity index (χ4n) is 2.59. The van der Waals surface area contributed by atoms with Crippen LogP contribution >= 0.6 is 0 Å². The van der Waals surface area contributed by atoms with Crippen molar-refractivity contribution in [3.63, 3.8) is 0 Å². The molecule has 2 aromatic carbocycles. The smallest absolute Gasteiger partial charge is 0.424 e. The topological polar surface area (TPSA) is 97.1 Å². The minimum Gasteiger partial charge on any atom is -0.425 e. The molecular weight excluding hydrogens is 381 g/mol. The van der Waals surface area contributed by atoms with Gasteiger partial charge < -0.3 is 4.74 Å². The van der Waals surface area contributed by atoms with Crippen LogP contribution in [0.4, 0.5) is 18.9 Å². The predicted octanol–water partition coefficient (Wildman–Crippen LogP) is 2.81. The highest BCUT2D eigenvalue weighted by atomic mass is 19.4. The molecule has 0 aromatic heterocycles. The van der Waals surface area contributed by atoms with Crippen LogP contribution in [0.25, 0.3) is 0 Å². The molecule has 1 unspecified atom stereocenters. The Labute approximate surface area is 156 Å². The number of halogens is 3. The number of hydrogen-bond acceptors (Lipinski definition) is 7. The number of hydrogen-bond donors (Lipinski definition) is 1. The molecular formula is C17H13F3N4O4. The Kier molecular flexibility index (Phi) is 5.01. The first-order chi connectivity index (χ1) is 13.2. The molecule has 0 bridgehead atoms. The number of nitro benzene ring substituents is 1. The third-order valence-corrected chi connectivity index (χ3v) is 4.04. The number of rotatable bonds is 5. The highest BCUT2D eigenvalue weighted by Crippen LogP contribution is 2.38. The molecule has 28 heavy (non-hydrogen) atoms. The summed E-state index contributed by atoms with van der Waals surface area (Å²) < 4.78 is 46.7. The average molecular weight is 394 g/mol. The van der Waals surface area contributed by atoms with E-state index in [2.05, 4.69) is 10.6 Å². The Balaban J connectivity index is 1.89. The first-order valence-corrected chi connectivity index (χ1v) is 7.89. The molecule has 8 nitrogen and oxygen atoms in total. The number of hydrazine groups is 1. The number of nitro groups is 1. The van der Waals surface area contributed by atoms with Crippen molar-refractivity contribution in [3.8, 4) is 5.75 Å². The van der Waals surface area contributed by atoms with E-state index in [1.807, 2.05) is 0 Å². The van der Waals surface area contributed by atoms with Crippen LogP contribution in [-0.2, 0) is 11.3 Å². The number of nitrogens with zero attached hydrogens (tertiary/aromatic N) is 3. The van der Waals surface area contributed by atoms with E-state index in [1.165, 1.54) is 0 Å². The van der Waals surface area contributed by atoms with E-state index in [4.69, 9.17) is 4.74 Å². The van der Waals surface area contributed by atoms with Gasteiger partial charge in [0, 0.05) is 18.7 Å². The molecule has 0 saturated carbocycles. The summed E-state index contributed by atoms with van der Waals surface area (Å²) in [6.07, 6.45) is -4.61. The van der Waals surface area contributed by atoms with Crippen molar-refractivity contribution in [2.75, 3.05) is 0 Å². The average Bonchev–Trinajstić information content (AvgIpc) is 3.07. The molecule has 1 atom stereocenters. The van der Waals surface area contributed by atoms with Crippen molar-refractivity contribution >= 4 is 17.9 Å². The van der Waals surface area contributed by atoms with Crippen LogP contribution in [0.15, 0.2) is 59.7 Å². The van der Waals surface area contributed by atoms with Gasteiger partial charge in [-0.15, -0.1) is 0 Å². The molecule has 0 saturated heterocycles. The van der Waals surface area contributed by atoms with Gasteiger partial charge in [0.05, 0.1) is 11.1 Å². The van der Waals surface area contributed by atoms with Crippen LogP contribution in [0.1, 0.15) is 5.56 Å². The molecule has 0 radical (unpaired) electrons. The maximum atomic E-state index is 13.9. The molecule has 1 N–H and O–H groups in total. The standard InChI is InChI=1S/C17H13F3N4O4/c18-17(19,20)16(11-21-22-23(16)10-12-4-2-1-3-5-12)15(25)28-14-8-6-13(7-9-14)24(26)27/h1-9,11,22H,10H2. The van der Waals surface area contributed by atoms with Gasteiger partial charge in [-0.3, -0.25) is 10.1 Å². The van der Waals surface area contributed by atoms with Crippen LogP contribution in [0, 0.1) is 10.1 Å². The van der Waals surface area contributed by atoms with Gasteiger partial charge in [0.1, 0.15) is 5.75 Å². The normalized spacial score (nSPS) is 19.2. The molecule has 0 spiro atoms. The summed E-state index contributed by atoms with van der Waals surface area (Å²) in [4.78, 5) is 22.5. The fourth-order valence-corrected chi connectivity index (χ4v) is 2.59. The van der Waals surface area contributed by atoms with Gasteiger partial charge in [0.2, 0.25) is 0 Å². The number of carbonyl (C=O) groups is 1. The van der Waals surface area contributed by atoms with Crippen LogP contribution in [0.2, 0.25) is 0 Å². The zero-order chi connectivity index (χ0) is 20.4. The Bertz CT molecular complexity index is 903. The molecule has 11 heteroatoms. The fraction of sp³-hybridized carbons (Fsp3) is 0.176. The van der Waals surface area contributed by atoms with Crippen molar-refractivity contribution in [2.24, 2.45) is 5.10 Å². The maximum Gasteiger partial charge on any atom is 0.424 e. The number of benzene rings is 2. The molecule has 1 aliphatic rings. The Morgan fingerprint density at radius 3 is 2.39 bits per heavy atom. The largest absolute Gasteiger partial charge is 0.425 e. The van der Waals surface area contributed by atoms with E-state index in [0.29, 0.717) is 16.8 Å². The summed E-state index contributed by atoms with van der Waals surface area (Å²) in [6, 6.07) is 12.3. The third-order valence-electron chi connectivity index (χ3n) is 4.04. The summed E-state index contributed by atoms with van der Waals surface area (Å²) >= 11 is 0. The monoisotopic (exact) mass is 394 g/mol. The van der Waals surface area contributed by atoms with E-state index < -0.39 is 22.6 Å². The molecule has 146 valence electrons. The van der Waals surface area contributed by atoms with Crippen molar-refractivity contribution in [3.05, 3.63) is 70.3 Å². The van der Waals surface area contributed by atoms with Gasteiger partial charge in [-0.25, -0.2) is 10.3 Å². The lowest BCUT2D eigenvalue weighted by Gasteiger charge is -2.34. The van der Waals surface area contributed by atoms with Gasteiger partial charge in [-0.1, -0.05) is 30.3 Å². The van der Waals surface area contributed by atoms with Crippen molar-refractivity contribution < 1.29 is 27.6 Å². The van der Waals surface area contributed by atoms with Gasteiger partial charge in [-0.05, 0) is 17.7 Å². The minimum absolute atomic E-state index is 0.265. The van der Waals surface area contributed by atoms with Crippen LogP contribution in [0.3, 0.4) is 0 Å². The quantitative estimate of drug-likeness (QED) is 0.363. The maximum absolute atomic E-state index is 13.9. The number of esters is 1. The number of alkyl halides is 3. The van der Waals surface area contributed by atoms with Gasteiger partial charge >= 0.3 is 12.1 Å². The van der Waals surface area contributed by atoms with E-state index in [1.54, 1.807) is 30.3 Å². The van der Waals surface area contributed by atoms with Crippen LogP contribution in [0.5, 0.6) is 5.75 Å². The van der Waals surface area contributed by atoms with E-state index >= 15 is 0 Å². The third kappa shape index (κ3) is 3.51. The number of carbonyl (C=O) groups excluding carboxylic acids is 1. The second kappa shape index (κ2) is 7.27. The summed E-state index contributed by atoms with van der Waals surface area (Å²) in [5.74, 6) is -1.90. The van der Waals surface area contributed by atoms with E-state index in [0.717, 1.165) is 24.3 Å². The predicted molar refractivity (Wildman–Crippen MR) is 91.1 cm³/mol. The van der Waals surface area contributed by atoms with Gasteiger partial charge in [0.25, 0.3) is 11.2 Å². The molecule has 0 aliphatic carbocycles. The zero-order valence-electron chi connectivity index (χ0n) is 14.1. The minimum atomic E-state index is -5.05. The highest BCUT2D eigenvalue weighted by Gasteiger charge is 2.67. The molecule has 0 amide bonds. The molecule has 1 aliphatic heterocycles. The lowest BCUT2D eigenvalue weighted by molar-refractivity contribution is -0.384. The highest BCUT2D eigenvalue weighted by molar-refractivity contribution is 6.03. The first kappa shape index (κ1) is 19.3. The second-order valence-corrected chi connectivity index (χ2v) is 5.83. The molecule has 0 fully saturated rings. The molecule has 2 aromatic rings. The Morgan fingerprint density at radius 1 is 1.18 bits per heavy atom. The van der Waals surface area contributed by atoms with E-state index in [9.17, 15) is 28.1 Å². The zero-order valence-corrected chi connectivity index (χ0v) is 14.1. The van der Waals surface area contributed by atoms with Crippen LogP contribution in [-0.4, -0.2) is 33.8 Å². The SMILES string of the molecule is O=C(Oc1ccc([N+](=O)[O-])cc1)C1(C(F)(F)F)C=NNN1Cc1ccccc1. The number of ether oxygens (including phenoxy) is 1. The Morgan fingerprint density at radius 2 is 1.82 bits per heavy atom. The number of nitrogens with one attached hydrogen (secondary N) is 1.